The Bertz CT molecular complexity index is 943. The molecule has 136 valence electrons. The fourth-order valence-corrected chi connectivity index (χ4v) is 3.14. The molecule has 0 bridgehead atoms. The van der Waals surface area contributed by atoms with E-state index >= 15 is 0 Å². The lowest BCUT2D eigenvalue weighted by Crippen LogP contribution is -2.03. The molecule has 0 spiro atoms. The highest BCUT2D eigenvalue weighted by atomic mass is 16.5. The van der Waals surface area contributed by atoms with Crippen LogP contribution in [0.15, 0.2) is 34.9 Å². The van der Waals surface area contributed by atoms with E-state index in [1.807, 2.05) is 38.1 Å². The van der Waals surface area contributed by atoms with Crippen LogP contribution in [-0.2, 0) is 24.2 Å². The summed E-state index contributed by atoms with van der Waals surface area (Å²) >= 11 is 0. The van der Waals surface area contributed by atoms with E-state index in [1.54, 1.807) is 0 Å². The minimum atomic E-state index is -0.868. The highest BCUT2D eigenvalue weighted by molar-refractivity contribution is 5.88. The Balaban J connectivity index is 1.92. The molecule has 0 aliphatic rings. The first-order valence-corrected chi connectivity index (χ1v) is 8.79. The number of ether oxygens (including phenoxy) is 1. The van der Waals surface area contributed by atoms with E-state index in [1.165, 1.54) is 6.26 Å². The zero-order chi connectivity index (χ0) is 18.7. The highest BCUT2D eigenvalue weighted by Crippen LogP contribution is 2.33. The van der Waals surface area contributed by atoms with Gasteiger partial charge < -0.3 is 14.3 Å². The standard InChI is InChI=1S/C21H23NO4/c1-4-5-18-19(25-11-15-7-6-13(2)22-14(15)3)9-8-17-16(10-20(23)24)12-26-21(17)18/h6-9,12H,4-5,10-11H2,1-3H3,(H,23,24). The van der Waals surface area contributed by atoms with Gasteiger partial charge in [0.25, 0.3) is 0 Å². The monoisotopic (exact) mass is 353 g/mol. The van der Waals surface area contributed by atoms with Crippen molar-refractivity contribution in [2.24, 2.45) is 0 Å². The van der Waals surface area contributed by atoms with E-state index in [0.717, 1.165) is 52.1 Å². The molecule has 2 heterocycles. The lowest BCUT2D eigenvalue weighted by atomic mass is 10.0. The van der Waals surface area contributed by atoms with Gasteiger partial charge in [0.05, 0.1) is 12.7 Å². The van der Waals surface area contributed by atoms with E-state index in [0.29, 0.717) is 12.2 Å². The van der Waals surface area contributed by atoms with E-state index in [4.69, 9.17) is 14.3 Å². The van der Waals surface area contributed by atoms with Crippen molar-refractivity contribution in [3.63, 3.8) is 0 Å². The maximum atomic E-state index is 11.0. The molecule has 26 heavy (non-hydrogen) atoms. The minimum absolute atomic E-state index is 0.0486. The van der Waals surface area contributed by atoms with Crippen LogP contribution in [0.1, 0.15) is 41.4 Å². The van der Waals surface area contributed by atoms with Crippen LogP contribution in [0.2, 0.25) is 0 Å². The predicted octanol–water partition coefficient (Wildman–Crippen LogP) is 4.60. The van der Waals surface area contributed by atoms with Crippen molar-refractivity contribution in [2.75, 3.05) is 0 Å². The predicted molar refractivity (Wildman–Crippen MR) is 99.6 cm³/mol. The molecule has 0 saturated carbocycles. The zero-order valence-corrected chi connectivity index (χ0v) is 15.3. The molecule has 0 aliphatic heterocycles. The third-order valence-electron chi connectivity index (χ3n) is 4.44. The average Bonchev–Trinajstić information content (AvgIpc) is 2.98. The summed E-state index contributed by atoms with van der Waals surface area (Å²) in [5.74, 6) is -0.0945. The summed E-state index contributed by atoms with van der Waals surface area (Å²) in [6, 6.07) is 7.80. The number of carbonyl (C=O) groups is 1. The second-order valence-electron chi connectivity index (χ2n) is 6.49. The van der Waals surface area contributed by atoms with Crippen LogP contribution in [-0.4, -0.2) is 16.1 Å². The fourth-order valence-electron chi connectivity index (χ4n) is 3.14. The average molecular weight is 353 g/mol. The summed E-state index contributed by atoms with van der Waals surface area (Å²) in [4.78, 5) is 15.5. The van der Waals surface area contributed by atoms with Gasteiger partial charge in [-0.3, -0.25) is 9.78 Å². The van der Waals surface area contributed by atoms with E-state index in [9.17, 15) is 4.79 Å². The van der Waals surface area contributed by atoms with Crippen LogP contribution >= 0.6 is 0 Å². The molecule has 0 aliphatic carbocycles. The number of carboxylic acid groups (broad SMARTS) is 1. The number of rotatable bonds is 7. The third kappa shape index (κ3) is 3.72. The Morgan fingerprint density at radius 1 is 1.19 bits per heavy atom. The first-order valence-electron chi connectivity index (χ1n) is 8.79. The molecule has 5 heteroatoms. The summed E-state index contributed by atoms with van der Waals surface area (Å²) in [6.45, 7) is 6.48. The first-order chi connectivity index (χ1) is 12.5. The van der Waals surface area contributed by atoms with Gasteiger partial charge in [-0.25, -0.2) is 0 Å². The second-order valence-corrected chi connectivity index (χ2v) is 6.49. The molecule has 0 atom stereocenters. The number of fused-ring (bicyclic) bond motifs is 1. The number of aryl methyl sites for hydroxylation is 3. The molecule has 0 radical (unpaired) electrons. The number of nitrogens with zero attached hydrogens (tertiary/aromatic N) is 1. The number of hydrogen-bond donors (Lipinski definition) is 1. The SMILES string of the molecule is CCCc1c(OCc2ccc(C)nc2C)ccc2c(CC(=O)O)coc12. The number of carboxylic acids is 1. The van der Waals surface area contributed by atoms with Gasteiger partial charge in [0, 0.05) is 33.5 Å². The third-order valence-corrected chi connectivity index (χ3v) is 4.44. The first kappa shape index (κ1) is 18.0. The van der Waals surface area contributed by atoms with Gasteiger partial charge in [0.1, 0.15) is 17.9 Å². The van der Waals surface area contributed by atoms with Crippen molar-refractivity contribution in [1.82, 2.24) is 4.98 Å². The summed E-state index contributed by atoms with van der Waals surface area (Å²) in [6.07, 6.45) is 3.23. The number of aromatic nitrogens is 1. The van der Waals surface area contributed by atoms with E-state index in [2.05, 4.69) is 11.9 Å². The van der Waals surface area contributed by atoms with Gasteiger partial charge in [-0.1, -0.05) is 19.4 Å². The van der Waals surface area contributed by atoms with Gasteiger partial charge in [-0.2, -0.15) is 0 Å². The molecule has 3 aromatic rings. The Morgan fingerprint density at radius 2 is 2.00 bits per heavy atom. The smallest absolute Gasteiger partial charge is 0.307 e. The lowest BCUT2D eigenvalue weighted by molar-refractivity contribution is -0.136. The van der Waals surface area contributed by atoms with Crippen molar-refractivity contribution in [3.05, 3.63) is 58.6 Å². The largest absolute Gasteiger partial charge is 0.488 e. The topological polar surface area (TPSA) is 72.6 Å². The minimum Gasteiger partial charge on any atom is -0.488 e. The molecule has 0 saturated heterocycles. The van der Waals surface area contributed by atoms with Crippen LogP contribution in [0, 0.1) is 13.8 Å². The molecule has 2 aromatic heterocycles. The quantitative estimate of drug-likeness (QED) is 0.672. The molecular weight excluding hydrogens is 330 g/mol. The van der Waals surface area contributed by atoms with Gasteiger partial charge >= 0.3 is 5.97 Å². The second kappa shape index (κ2) is 7.60. The van der Waals surface area contributed by atoms with Crippen LogP contribution < -0.4 is 4.74 Å². The number of furan rings is 1. The molecule has 0 amide bonds. The Labute approximate surface area is 152 Å². The number of aliphatic carboxylic acids is 1. The Hall–Kier alpha value is -2.82. The van der Waals surface area contributed by atoms with E-state index < -0.39 is 5.97 Å². The van der Waals surface area contributed by atoms with Gasteiger partial charge in [0.2, 0.25) is 0 Å². The summed E-state index contributed by atoms with van der Waals surface area (Å²) in [5, 5.41) is 9.90. The molecule has 0 fully saturated rings. The summed E-state index contributed by atoms with van der Waals surface area (Å²) in [5.41, 5.74) is 5.39. The number of pyridine rings is 1. The Morgan fingerprint density at radius 3 is 2.69 bits per heavy atom. The fraction of sp³-hybridized carbons (Fsp3) is 0.333. The maximum absolute atomic E-state index is 11.0. The van der Waals surface area contributed by atoms with Crippen LogP contribution in [0.4, 0.5) is 0 Å². The van der Waals surface area contributed by atoms with Crippen molar-refractivity contribution in [1.29, 1.82) is 0 Å². The maximum Gasteiger partial charge on any atom is 0.307 e. The Kier molecular flexibility index (Phi) is 5.26. The van der Waals surface area contributed by atoms with Crippen LogP contribution in [0.5, 0.6) is 5.75 Å². The van der Waals surface area contributed by atoms with Crippen molar-refractivity contribution < 1.29 is 19.1 Å². The van der Waals surface area contributed by atoms with Gasteiger partial charge in [-0.15, -0.1) is 0 Å². The van der Waals surface area contributed by atoms with Crippen LogP contribution in [0.3, 0.4) is 0 Å². The normalized spacial score (nSPS) is 11.0. The summed E-state index contributed by atoms with van der Waals surface area (Å²) in [7, 11) is 0. The van der Waals surface area contributed by atoms with Crippen LogP contribution in [0.25, 0.3) is 11.0 Å². The lowest BCUT2D eigenvalue weighted by Gasteiger charge is -2.13. The molecule has 0 unspecified atom stereocenters. The van der Waals surface area contributed by atoms with Crippen molar-refractivity contribution >= 4 is 16.9 Å². The zero-order valence-electron chi connectivity index (χ0n) is 15.3. The molecular formula is C21H23NO4. The number of hydrogen-bond acceptors (Lipinski definition) is 4. The number of benzene rings is 1. The van der Waals surface area contributed by atoms with Crippen molar-refractivity contribution in [2.45, 2.75) is 46.6 Å². The summed E-state index contributed by atoms with van der Waals surface area (Å²) < 4.78 is 11.8. The van der Waals surface area contributed by atoms with E-state index in [-0.39, 0.29) is 6.42 Å². The molecule has 1 N–H and O–H groups in total. The molecule has 3 rings (SSSR count). The molecule has 5 nitrogen and oxygen atoms in total. The molecule has 1 aromatic carbocycles. The van der Waals surface area contributed by atoms with Gasteiger partial charge in [-0.05, 0) is 38.5 Å². The van der Waals surface area contributed by atoms with Gasteiger partial charge in [0.15, 0.2) is 0 Å². The highest BCUT2D eigenvalue weighted by Gasteiger charge is 2.16. The van der Waals surface area contributed by atoms with Crippen molar-refractivity contribution in [3.8, 4) is 5.75 Å².